The quantitative estimate of drug-likeness (QED) is 0.843. The summed E-state index contributed by atoms with van der Waals surface area (Å²) in [5, 5.41) is 3.61. The van der Waals surface area contributed by atoms with Gasteiger partial charge in [-0.05, 0) is 64.9 Å². The van der Waals surface area contributed by atoms with Gasteiger partial charge in [-0.15, -0.1) is 0 Å². The Morgan fingerprint density at radius 2 is 2.05 bits per heavy atom. The van der Waals surface area contributed by atoms with Crippen LogP contribution in [-0.2, 0) is 12.8 Å². The third-order valence-corrected chi connectivity index (χ3v) is 4.56. The van der Waals surface area contributed by atoms with Gasteiger partial charge in [0.15, 0.2) is 0 Å². The smallest absolute Gasteiger partial charge is 0.109 e. The van der Waals surface area contributed by atoms with E-state index in [0.717, 1.165) is 23.1 Å². The van der Waals surface area contributed by atoms with Crippen LogP contribution >= 0.6 is 15.9 Å². The van der Waals surface area contributed by atoms with Crippen molar-refractivity contribution < 1.29 is 0 Å². The average molecular weight is 317 g/mol. The molecule has 1 unspecified atom stereocenters. The van der Waals surface area contributed by atoms with Crippen molar-refractivity contribution >= 4 is 21.6 Å². The second kappa shape index (κ2) is 5.33. The number of halogens is 1. The SMILES string of the molecule is Cc1cc(NC2CCc3ccccc3C2)cnc1Br. The van der Waals surface area contributed by atoms with E-state index in [-0.39, 0.29) is 0 Å². The average Bonchev–Trinajstić information content (AvgIpc) is 2.43. The Bertz CT molecular complexity index is 595. The number of pyridine rings is 1. The Kier molecular flexibility index (Phi) is 3.56. The Labute approximate surface area is 122 Å². The van der Waals surface area contributed by atoms with E-state index in [1.54, 1.807) is 0 Å². The molecule has 3 heteroatoms. The molecule has 1 aliphatic carbocycles. The highest BCUT2D eigenvalue weighted by Gasteiger charge is 2.18. The van der Waals surface area contributed by atoms with Crippen molar-refractivity contribution in [2.45, 2.75) is 32.2 Å². The number of fused-ring (bicyclic) bond motifs is 1. The lowest BCUT2D eigenvalue weighted by molar-refractivity contribution is 0.610. The molecule has 1 N–H and O–H groups in total. The van der Waals surface area contributed by atoms with Crippen LogP contribution in [0.15, 0.2) is 41.1 Å². The molecule has 2 aromatic rings. The number of nitrogens with one attached hydrogen (secondary N) is 1. The third kappa shape index (κ3) is 2.81. The molecule has 19 heavy (non-hydrogen) atoms. The fourth-order valence-electron chi connectivity index (χ4n) is 2.69. The molecule has 1 aromatic carbocycles. The number of hydrogen-bond acceptors (Lipinski definition) is 2. The molecule has 0 fully saturated rings. The van der Waals surface area contributed by atoms with Gasteiger partial charge in [-0.25, -0.2) is 4.98 Å². The Balaban J connectivity index is 1.73. The van der Waals surface area contributed by atoms with E-state index < -0.39 is 0 Å². The van der Waals surface area contributed by atoms with E-state index in [4.69, 9.17) is 0 Å². The standard InChI is InChI=1S/C16H17BrN2/c1-11-8-15(10-18-16(11)17)19-14-7-6-12-4-2-3-5-13(12)9-14/h2-5,8,10,14,19H,6-7,9H2,1H3. The Morgan fingerprint density at radius 3 is 2.84 bits per heavy atom. The summed E-state index contributed by atoms with van der Waals surface area (Å²) < 4.78 is 0.923. The number of rotatable bonds is 2. The first-order valence-corrected chi connectivity index (χ1v) is 7.47. The fourth-order valence-corrected chi connectivity index (χ4v) is 2.91. The third-order valence-electron chi connectivity index (χ3n) is 3.73. The molecule has 0 saturated heterocycles. The fraction of sp³-hybridized carbons (Fsp3) is 0.312. The predicted molar refractivity (Wildman–Crippen MR) is 82.6 cm³/mol. The summed E-state index contributed by atoms with van der Waals surface area (Å²) in [4.78, 5) is 4.34. The van der Waals surface area contributed by atoms with Crippen LogP contribution in [0.2, 0.25) is 0 Å². The number of aromatic nitrogens is 1. The molecule has 1 aromatic heterocycles. The Hall–Kier alpha value is -1.35. The molecule has 0 radical (unpaired) electrons. The largest absolute Gasteiger partial charge is 0.381 e. The maximum Gasteiger partial charge on any atom is 0.109 e. The van der Waals surface area contributed by atoms with Gasteiger partial charge in [0.1, 0.15) is 4.60 Å². The van der Waals surface area contributed by atoms with E-state index in [2.05, 4.69) is 63.5 Å². The zero-order valence-electron chi connectivity index (χ0n) is 11.0. The predicted octanol–water partition coefficient (Wildman–Crippen LogP) is 4.12. The molecule has 1 atom stereocenters. The number of nitrogens with zero attached hydrogens (tertiary/aromatic N) is 1. The lowest BCUT2D eigenvalue weighted by Gasteiger charge is -2.26. The molecule has 0 spiro atoms. The minimum Gasteiger partial charge on any atom is -0.381 e. The molecule has 1 aliphatic rings. The molecule has 3 rings (SSSR count). The summed E-state index contributed by atoms with van der Waals surface area (Å²) in [7, 11) is 0. The van der Waals surface area contributed by atoms with Crippen LogP contribution in [0.5, 0.6) is 0 Å². The van der Waals surface area contributed by atoms with Crippen LogP contribution < -0.4 is 5.32 Å². The zero-order valence-corrected chi connectivity index (χ0v) is 12.6. The lowest BCUT2D eigenvalue weighted by atomic mass is 9.88. The van der Waals surface area contributed by atoms with Crippen molar-refractivity contribution in [2.75, 3.05) is 5.32 Å². The zero-order chi connectivity index (χ0) is 13.2. The molecule has 2 nitrogen and oxygen atoms in total. The van der Waals surface area contributed by atoms with Crippen molar-refractivity contribution in [1.29, 1.82) is 0 Å². The molecule has 0 bridgehead atoms. The lowest BCUT2D eigenvalue weighted by Crippen LogP contribution is -2.27. The van der Waals surface area contributed by atoms with Gasteiger partial charge in [0.2, 0.25) is 0 Å². The van der Waals surface area contributed by atoms with Gasteiger partial charge in [0.25, 0.3) is 0 Å². The van der Waals surface area contributed by atoms with Gasteiger partial charge in [-0.3, -0.25) is 0 Å². The van der Waals surface area contributed by atoms with Crippen molar-refractivity contribution in [3.63, 3.8) is 0 Å². The van der Waals surface area contributed by atoms with Gasteiger partial charge in [0.05, 0.1) is 11.9 Å². The van der Waals surface area contributed by atoms with Crippen molar-refractivity contribution in [3.05, 3.63) is 57.8 Å². The van der Waals surface area contributed by atoms with Gasteiger partial charge >= 0.3 is 0 Å². The van der Waals surface area contributed by atoms with Gasteiger partial charge in [0, 0.05) is 6.04 Å². The maximum atomic E-state index is 4.34. The number of hydrogen-bond donors (Lipinski definition) is 1. The van der Waals surface area contributed by atoms with Crippen LogP contribution in [0.1, 0.15) is 23.1 Å². The summed E-state index contributed by atoms with van der Waals surface area (Å²) in [6.07, 6.45) is 5.35. The number of benzene rings is 1. The van der Waals surface area contributed by atoms with Crippen LogP contribution in [0.4, 0.5) is 5.69 Å². The van der Waals surface area contributed by atoms with Gasteiger partial charge in [-0.1, -0.05) is 24.3 Å². The van der Waals surface area contributed by atoms with E-state index in [0.29, 0.717) is 6.04 Å². The highest BCUT2D eigenvalue weighted by Crippen LogP contribution is 2.24. The monoisotopic (exact) mass is 316 g/mol. The molecular formula is C16H17BrN2. The minimum atomic E-state index is 0.511. The maximum absolute atomic E-state index is 4.34. The highest BCUT2D eigenvalue weighted by molar-refractivity contribution is 9.10. The summed E-state index contributed by atoms with van der Waals surface area (Å²) in [6, 6.07) is 11.4. The summed E-state index contributed by atoms with van der Waals surface area (Å²) in [5.74, 6) is 0. The highest BCUT2D eigenvalue weighted by atomic mass is 79.9. The first kappa shape index (κ1) is 12.7. The first-order valence-electron chi connectivity index (χ1n) is 6.68. The van der Waals surface area contributed by atoms with E-state index in [1.165, 1.54) is 23.1 Å². The van der Waals surface area contributed by atoms with Gasteiger partial charge in [-0.2, -0.15) is 0 Å². The molecule has 0 aliphatic heterocycles. The second-order valence-corrected chi connectivity index (χ2v) is 5.94. The minimum absolute atomic E-state index is 0.511. The van der Waals surface area contributed by atoms with E-state index >= 15 is 0 Å². The summed E-state index contributed by atoms with van der Waals surface area (Å²) >= 11 is 3.44. The van der Waals surface area contributed by atoms with E-state index in [1.807, 2.05) is 6.20 Å². The number of anilines is 1. The van der Waals surface area contributed by atoms with Crippen LogP contribution in [0.3, 0.4) is 0 Å². The van der Waals surface area contributed by atoms with Crippen LogP contribution in [0, 0.1) is 6.92 Å². The summed E-state index contributed by atoms with van der Waals surface area (Å²) in [5.41, 5.74) is 5.27. The normalized spacial score (nSPS) is 17.9. The van der Waals surface area contributed by atoms with Crippen LogP contribution in [0.25, 0.3) is 0 Å². The second-order valence-electron chi connectivity index (χ2n) is 5.18. The van der Waals surface area contributed by atoms with Crippen molar-refractivity contribution in [3.8, 4) is 0 Å². The van der Waals surface area contributed by atoms with Gasteiger partial charge < -0.3 is 5.32 Å². The van der Waals surface area contributed by atoms with Crippen molar-refractivity contribution in [1.82, 2.24) is 4.98 Å². The molecule has 0 amide bonds. The molecule has 0 saturated carbocycles. The first-order chi connectivity index (χ1) is 9.22. The Morgan fingerprint density at radius 1 is 1.26 bits per heavy atom. The number of aryl methyl sites for hydroxylation is 2. The summed E-state index contributed by atoms with van der Waals surface area (Å²) in [6.45, 7) is 2.07. The van der Waals surface area contributed by atoms with E-state index in [9.17, 15) is 0 Å². The molecule has 98 valence electrons. The molecular weight excluding hydrogens is 300 g/mol. The van der Waals surface area contributed by atoms with Crippen molar-refractivity contribution in [2.24, 2.45) is 0 Å². The molecule has 1 heterocycles. The topological polar surface area (TPSA) is 24.9 Å². The van der Waals surface area contributed by atoms with Crippen LogP contribution in [-0.4, -0.2) is 11.0 Å².